The highest BCUT2D eigenvalue weighted by molar-refractivity contribution is 4.97. The van der Waals surface area contributed by atoms with Crippen molar-refractivity contribution in [1.82, 2.24) is 10.2 Å². The van der Waals surface area contributed by atoms with Gasteiger partial charge in [0, 0.05) is 25.7 Å². The molecule has 0 aromatic heterocycles. The van der Waals surface area contributed by atoms with E-state index in [2.05, 4.69) is 10.2 Å². The zero-order valence-corrected chi connectivity index (χ0v) is 8.34. The Morgan fingerprint density at radius 1 is 1.15 bits per heavy atom. The van der Waals surface area contributed by atoms with E-state index >= 15 is 0 Å². The summed E-state index contributed by atoms with van der Waals surface area (Å²) in [7, 11) is 0. The highest BCUT2D eigenvalue weighted by Gasteiger charge is 2.45. The van der Waals surface area contributed by atoms with Crippen LogP contribution in [0.25, 0.3) is 0 Å². The summed E-state index contributed by atoms with van der Waals surface area (Å²) in [6.45, 7) is 5.39. The van der Waals surface area contributed by atoms with Crippen molar-refractivity contribution in [1.29, 1.82) is 0 Å². The zero-order valence-electron chi connectivity index (χ0n) is 8.34. The van der Waals surface area contributed by atoms with Gasteiger partial charge in [0.2, 0.25) is 0 Å². The maximum atomic E-state index is 3.63. The van der Waals surface area contributed by atoms with Crippen LogP contribution in [0.1, 0.15) is 25.7 Å². The molecule has 3 atom stereocenters. The van der Waals surface area contributed by atoms with Crippen molar-refractivity contribution in [2.24, 2.45) is 11.8 Å². The molecule has 0 aromatic carbocycles. The lowest BCUT2D eigenvalue weighted by Crippen LogP contribution is -2.43. The summed E-state index contributed by atoms with van der Waals surface area (Å²) >= 11 is 0. The first-order valence-corrected chi connectivity index (χ1v) is 5.87. The molecule has 0 spiro atoms. The minimum absolute atomic E-state index is 0.811. The van der Waals surface area contributed by atoms with Crippen LogP contribution in [0.5, 0.6) is 0 Å². The smallest absolute Gasteiger partial charge is 0.0195 e. The molecule has 0 amide bonds. The number of likely N-dealkylation sites (tertiary alicyclic amines) is 1. The summed E-state index contributed by atoms with van der Waals surface area (Å²) in [6, 6.07) is 0.811. The van der Waals surface area contributed by atoms with Crippen molar-refractivity contribution in [3.63, 3.8) is 0 Å². The average molecular weight is 180 g/mol. The molecule has 0 bridgehead atoms. The molecule has 2 heteroatoms. The lowest BCUT2D eigenvalue weighted by molar-refractivity contribution is 0.244. The molecule has 0 aromatic rings. The van der Waals surface area contributed by atoms with Crippen molar-refractivity contribution in [2.75, 3.05) is 26.2 Å². The minimum Gasteiger partial charge on any atom is -0.313 e. The Morgan fingerprint density at radius 3 is 2.69 bits per heavy atom. The molecule has 1 aliphatic carbocycles. The van der Waals surface area contributed by atoms with Crippen LogP contribution in [0.3, 0.4) is 0 Å². The van der Waals surface area contributed by atoms with Crippen LogP contribution < -0.4 is 5.32 Å². The Morgan fingerprint density at radius 2 is 2.00 bits per heavy atom. The molecule has 1 N–H and O–H groups in total. The second kappa shape index (κ2) is 3.25. The van der Waals surface area contributed by atoms with Crippen LogP contribution in [0.2, 0.25) is 0 Å². The fourth-order valence-electron chi connectivity index (χ4n) is 3.04. The van der Waals surface area contributed by atoms with Gasteiger partial charge < -0.3 is 10.2 Å². The van der Waals surface area contributed by atoms with Crippen molar-refractivity contribution >= 4 is 0 Å². The molecule has 2 nitrogen and oxygen atoms in total. The summed E-state index contributed by atoms with van der Waals surface area (Å²) < 4.78 is 0. The van der Waals surface area contributed by atoms with Gasteiger partial charge in [-0.15, -0.1) is 0 Å². The van der Waals surface area contributed by atoms with Gasteiger partial charge in [-0.3, -0.25) is 0 Å². The molecule has 2 heterocycles. The minimum atomic E-state index is 0.811. The van der Waals surface area contributed by atoms with Gasteiger partial charge in [0.1, 0.15) is 0 Å². The van der Waals surface area contributed by atoms with Gasteiger partial charge in [0.25, 0.3) is 0 Å². The van der Waals surface area contributed by atoms with Gasteiger partial charge in [0.15, 0.2) is 0 Å². The zero-order chi connectivity index (χ0) is 8.67. The third-order valence-corrected chi connectivity index (χ3v) is 3.95. The standard InChI is InChI=1S/C11H20N2/c1-2-4-12-11(3-1)8-13-6-9-5-10(9)7-13/h9-12H,1-8H2. The fourth-order valence-corrected chi connectivity index (χ4v) is 3.04. The Hall–Kier alpha value is -0.0800. The molecular weight excluding hydrogens is 160 g/mol. The predicted molar refractivity (Wildman–Crippen MR) is 53.7 cm³/mol. The number of piperidine rings is 2. The Bertz CT molecular complexity index is 177. The van der Waals surface area contributed by atoms with E-state index in [0.717, 1.165) is 17.9 Å². The Labute approximate surface area is 80.7 Å². The van der Waals surface area contributed by atoms with Gasteiger partial charge in [-0.05, 0) is 37.6 Å². The third-order valence-electron chi connectivity index (χ3n) is 3.95. The van der Waals surface area contributed by atoms with E-state index in [0.29, 0.717) is 0 Å². The Balaban J connectivity index is 1.46. The van der Waals surface area contributed by atoms with Crippen LogP contribution in [0.15, 0.2) is 0 Å². The number of hydrogen-bond acceptors (Lipinski definition) is 2. The van der Waals surface area contributed by atoms with Crippen LogP contribution in [0, 0.1) is 11.8 Å². The number of nitrogens with zero attached hydrogens (tertiary/aromatic N) is 1. The molecule has 3 unspecified atom stereocenters. The van der Waals surface area contributed by atoms with E-state index in [1.165, 1.54) is 51.9 Å². The highest BCUT2D eigenvalue weighted by Crippen LogP contribution is 2.44. The Kier molecular flexibility index (Phi) is 2.06. The van der Waals surface area contributed by atoms with Gasteiger partial charge in [-0.1, -0.05) is 6.42 Å². The van der Waals surface area contributed by atoms with E-state index in [1.54, 1.807) is 0 Å². The highest BCUT2D eigenvalue weighted by atomic mass is 15.2. The topological polar surface area (TPSA) is 15.3 Å². The number of hydrogen-bond donors (Lipinski definition) is 1. The molecule has 3 fully saturated rings. The number of fused-ring (bicyclic) bond motifs is 1. The first-order valence-electron chi connectivity index (χ1n) is 5.87. The van der Waals surface area contributed by atoms with E-state index in [9.17, 15) is 0 Å². The van der Waals surface area contributed by atoms with Gasteiger partial charge in [-0.25, -0.2) is 0 Å². The first-order chi connectivity index (χ1) is 6.42. The SMILES string of the molecule is C1CCC(CN2CC3CC3C2)NC1. The molecule has 3 rings (SSSR count). The van der Waals surface area contributed by atoms with Gasteiger partial charge in [0.05, 0.1) is 0 Å². The van der Waals surface area contributed by atoms with Crippen LogP contribution in [-0.2, 0) is 0 Å². The molecule has 1 saturated carbocycles. The maximum absolute atomic E-state index is 3.63. The van der Waals surface area contributed by atoms with Crippen molar-refractivity contribution < 1.29 is 0 Å². The molecule has 0 radical (unpaired) electrons. The summed E-state index contributed by atoms with van der Waals surface area (Å²) in [5.74, 6) is 2.20. The third kappa shape index (κ3) is 1.75. The second-order valence-corrected chi connectivity index (χ2v) is 5.12. The molecule has 2 aliphatic heterocycles. The van der Waals surface area contributed by atoms with Crippen molar-refractivity contribution in [3.8, 4) is 0 Å². The molecule has 3 aliphatic rings. The molecule has 13 heavy (non-hydrogen) atoms. The van der Waals surface area contributed by atoms with Gasteiger partial charge in [-0.2, -0.15) is 0 Å². The monoisotopic (exact) mass is 180 g/mol. The van der Waals surface area contributed by atoms with E-state index < -0.39 is 0 Å². The number of rotatable bonds is 2. The largest absolute Gasteiger partial charge is 0.313 e. The van der Waals surface area contributed by atoms with E-state index in [4.69, 9.17) is 0 Å². The van der Waals surface area contributed by atoms with Gasteiger partial charge >= 0.3 is 0 Å². The summed E-state index contributed by atoms with van der Waals surface area (Å²) in [6.07, 6.45) is 5.78. The second-order valence-electron chi connectivity index (χ2n) is 5.12. The number of nitrogens with one attached hydrogen (secondary N) is 1. The van der Waals surface area contributed by atoms with Crippen molar-refractivity contribution in [2.45, 2.75) is 31.7 Å². The molecule has 2 saturated heterocycles. The van der Waals surface area contributed by atoms with E-state index in [-0.39, 0.29) is 0 Å². The normalized spacial score (nSPS) is 44.8. The predicted octanol–water partition coefficient (Wildman–Crippen LogP) is 1.08. The van der Waals surface area contributed by atoms with Crippen LogP contribution in [0.4, 0.5) is 0 Å². The first kappa shape index (κ1) is 8.25. The fraction of sp³-hybridized carbons (Fsp3) is 1.00. The quantitative estimate of drug-likeness (QED) is 0.684. The van der Waals surface area contributed by atoms with E-state index in [1.807, 2.05) is 0 Å². The summed E-state index contributed by atoms with van der Waals surface area (Å²) in [5.41, 5.74) is 0. The summed E-state index contributed by atoms with van der Waals surface area (Å²) in [4.78, 5) is 2.68. The lowest BCUT2D eigenvalue weighted by Gasteiger charge is -2.28. The van der Waals surface area contributed by atoms with Crippen LogP contribution in [-0.4, -0.2) is 37.1 Å². The average Bonchev–Trinajstić information content (AvgIpc) is 2.76. The lowest BCUT2D eigenvalue weighted by atomic mass is 10.0. The molecule has 74 valence electrons. The molecular formula is C11H20N2. The maximum Gasteiger partial charge on any atom is 0.0195 e. The summed E-state index contributed by atoms with van der Waals surface area (Å²) in [5, 5.41) is 3.63. The van der Waals surface area contributed by atoms with Crippen LogP contribution >= 0.6 is 0 Å². The van der Waals surface area contributed by atoms with Crippen molar-refractivity contribution in [3.05, 3.63) is 0 Å².